The van der Waals surface area contributed by atoms with E-state index < -0.39 is 0 Å². The van der Waals surface area contributed by atoms with Gasteiger partial charge in [-0.3, -0.25) is 4.79 Å². The summed E-state index contributed by atoms with van der Waals surface area (Å²) in [6.07, 6.45) is 8.94. The van der Waals surface area contributed by atoms with Crippen molar-refractivity contribution in [1.82, 2.24) is 19.4 Å². The normalized spacial score (nSPS) is 12.6. The Balaban J connectivity index is 1.41. The Bertz CT molecular complexity index is 879. The fourth-order valence-electron chi connectivity index (χ4n) is 3.70. The number of unbranched alkanes of at least 4 members (excludes halogenated alkanes) is 2. The number of benzene rings is 1. The first kappa shape index (κ1) is 20.2. The van der Waals surface area contributed by atoms with E-state index in [0.717, 1.165) is 50.0 Å². The summed E-state index contributed by atoms with van der Waals surface area (Å²) in [5.41, 5.74) is 2.25. The summed E-state index contributed by atoms with van der Waals surface area (Å²) < 4.78 is 4.20. The van der Waals surface area contributed by atoms with Gasteiger partial charge in [0.2, 0.25) is 5.91 Å². The molecule has 2 heterocycles. The number of hydrogen-bond donors (Lipinski definition) is 1. The monoisotopic (exact) mass is 380 g/mol. The summed E-state index contributed by atoms with van der Waals surface area (Å²) in [4.78, 5) is 17.4. The highest BCUT2D eigenvalue weighted by molar-refractivity contribution is 5.80. The number of nitrogens with zero attached hydrogens (tertiary/aromatic N) is 3. The van der Waals surface area contributed by atoms with Crippen LogP contribution in [0.15, 0.2) is 48.8 Å². The second-order valence-corrected chi connectivity index (χ2v) is 7.95. The number of imidazole rings is 1. The van der Waals surface area contributed by atoms with Crippen LogP contribution in [0.25, 0.3) is 11.0 Å². The van der Waals surface area contributed by atoms with E-state index in [9.17, 15) is 4.79 Å². The second kappa shape index (κ2) is 9.58. The summed E-state index contributed by atoms with van der Waals surface area (Å²) in [6, 6.07) is 12.1. The van der Waals surface area contributed by atoms with Crippen molar-refractivity contribution in [3.8, 4) is 0 Å². The Hall–Kier alpha value is -2.56. The van der Waals surface area contributed by atoms with Gasteiger partial charge in [0.15, 0.2) is 0 Å². The van der Waals surface area contributed by atoms with Crippen molar-refractivity contribution in [2.45, 2.75) is 52.0 Å². The third-order valence-corrected chi connectivity index (χ3v) is 5.24. The first-order valence-corrected chi connectivity index (χ1v) is 10.4. The van der Waals surface area contributed by atoms with Crippen LogP contribution in [-0.4, -0.2) is 26.6 Å². The molecule has 0 unspecified atom stereocenters. The van der Waals surface area contributed by atoms with Gasteiger partial charge < -0.3 is 14.5 Å². The molecule has 0 bridgehead atoms. The van der Waals surface area contributed by atoms with Gasteiger partial charge in [-0.15, -0.1) is 0 Å². The van der Waals surface area contributed by atoms with Crippen molar-refractivity contribution in [1.29, 1.82) is 0 Å². The number of amides is 1. The van der Waals surface area contributed by atoms with Gasteiger partial charge in [0, 0.05) is 32.4 Å². The average Bonchev–Trinajstić information content (AvgIpc) is 3.31. The van der Waals surface area contributed by atoms with E-state index >= 15 is 0 Å². The largest absolute Gasteiger partial charge is 0.354 e. The number of hydrogen-bond acceptors (Lipinski definition) is 2. The zero-order valence-electron chi connectivity index (χ0n) is 17.3. The highest BCUT2D eigenvalue weighted by Gasteiger charge is 2.20. The molecule has 5 heteroatoms. The molecule has 0 radical (unpaired) electrons. The second-order valence-electron chi connectivity index (χ2n) is 7.95. The summed E-state index contributed by atoms with van der Waals surface area (Å²) >= 11 is 0. The minimum absolute atomic E-state index is 0.116. The van der Waals surface area contributed by atoms with Gasteiger partial charge in [0.05, 0.1) is 11.0 Å². The summed E-state index contributed by atoms with van der Waals surface area (Å²) in [7, 11) is 2.08. The molecule has 1 aromatic carbocycles. The lowest BCUT2D eigenvalue weighted by molar-refractivity contribution is -0.124. The molecule has 3 rings (SSSR count). The molecule has 5 nitrogen and oxygen atoms in total. The van der Waals surface area contributed by atoms with Crippen LogP contribution in [0, 0.1) is 5.92 Å². The van der Waals surface area contributed by atoms with Crippen LogP contribution in [0.5, 0.6) is 0 Å². The van der Waals surface area contributed by atoms with Crippen LogP contribution in [0.3, 0.4) is 0 Å². The number of para-hydroxylation sites is 2. The standard InChI is InChI=1S/C23H32N4O/c1-18(2)17-21(27-15-9-10-16-27)23(28)24-14-8-4-5-13-22-25-19-11-6-7-12-20(19)26(22)3/h6-7,9-12,15-16,18,21H,4-5,8,13-14,17H2,1-3H3,(H,24,28)/t21-/m0/s1. The maximum atomic E-state index is 12.6. The molecule has 1 amide bonds. The van der Waals surface area contributed by atoms with Crippen LogP contribution in [-0.2, 0) is 18.3 Å². The van der Waals surface area contributed by atoms with E-state index in [1.807, 2.05) is 35.2 Å². The van der Waals surface area contributed by atoms with Crippen LogP contribution in [0.4, 0.5) is 0 Å². The smallest absolute Gasteiger partial charge is 0.243 e. The van der Waals surface area contributed by atoms with Crippen molar-refractivity contribution in [3.63, 3.8) is 0 Å². The van der Waals surface area contributed by atoms with E-state index in [4.69, 9.17) is 4.98 Å². The van der Waals surface area contributed by atoms with Crippen molar-refractivity contribution in [3.05, 3.63) is 54.6 Å². The van der Waals surface area contributed by atoms with E-state index in [-0.39, 0.29) is 11.9 Å². The quantitative estimate of drug-likeness (QED) is 0.527. The zero-order valence-corrected chi connectivity index (χ0v) is 17.3. The van der Waals surface area contributed by atoms with Gasteiger partial charge in [-0.1, -0.05) is 32.4 Å². The number of carbonyl (C=O) groups is 1. The van der Waals surface area contributed by atoms with Crippen molar-refractivity contribution >= 4 is 16.9 Å². The maximum absolute atomic E-state index is 12.6. The number of aromatic nitrogens is 3. The van der Waals surface area contributed by atoms with Gasteiger partial charge in [-0.2, -0.15) is 0 Å². The molecule has 0 spiro atoms. The topological polar surface area (TPSA) is 51.9 Å². The van der Waals surface area contributed by atoms with Crippen LogP contribution in [0.2, 0.25) is 0 Å². The molecular formula is C23H32N4O. The van der Waals surface area contributed by atoms with Gasteiger partial charge in [-0.25, -0.2) is 4.98 Å². The molecule has 2 aromatic heterocycles. The van der Waals surface area contributed by atoms with E-state index in [0.29, 0.717) is 5.92 Å². The third kappa shape index (κ3) is 5.03. The first-order chi connectivity index (χ1) is 13.6. The fraction of sp³-hybridized carbons (Fsp3) is 0.478. The van der Waals surface area contributed by atoms with Gasteiger partial charge >= 0.3 is 0 Å². The molecule has 1 atom stereocenters. The van der Waals surface area contributed by atoms with Gasteiger partial charge in [0.25, 0.3) is 0 Å². The lowest BCUT2D eigenvalue weighted by Gasteiger charge is -2.20. The molecule has 150 valence electrons. The van der Waals surface area contributed by atoms with Crippen molar-refractivity contribution < 1.29 is 4.79 Å². The fourth-order valence-corrected chi connectivity index (χ4v) is 3.70. The minimum Gasteiger partial charge on any atom is -0.354 e. The Labute approximate surface area is 167 Å². The van der Waals surface area contributed by atoms with Crippen LogP contribution >= 0.6 is 0 Å². The van der Waals surface area contributed by atoms with Crippen molar-refractivity contribution in [2.24, 2.45) is 13.0 Å². The predicted octanol–water partition coefficient (Wildman–Crippen LogP) is 4.49. The average molecular weight is 381 g/mol. The van der Waals surface area contributed by atoms with E-state index in [2.05, 4.69) is 49.0 Å². The third-order valence-electron chi connectivity index (χ3n) is 5.24. The van der Waals surface area contributed by atoms with E-state index in [1.54, 1.807) is 0 Å². The summed E-state index contributed by atoms with van der Waals surface area (Å²) in [5.74, 6) is 1.74. The number of rotatable bonds is 10. The maximum Gasteiger partial charge on any atom is 0.243 e. The number of aryl methyl sites for hydroxylation is 2. The molecule has 0 aliphatic carbocycles. The molecule has 3 aromatic rings. The summed E-state index contributed by atoms with van der Waals surface area (Å²) in [6.45, 7) is 5.05. The zero-order chi connectivity index (χ0) is 19.9. The van der Waals surface area contributed by atoms with Gasteiger partial charge in [0.1, 0.15) is 11.9 Å². The number of fused-ring (bicyclic) bond motifs is 1. The SMILES string of the molecule is CC(C)C[C@@H](C(=O)NCCCCCc1nc2ccccc2n1C)n1cccc1. The minimum atomic E-state index is -0.116. The first-order valence-electron chi connectivity index (χ1n) is 10.4. The Morgan fingerprint density at radius 3 is 2.54 bits per heavy atom. The highest BCUT2D eigenvalue weighted by atomic mass is 16.2. The molecule has 28 heavy (non-hydrogen) atoms. The lowest BCUT2D eigenvalue weighted by atomic mass is 10.0. The Morgan fingerprint density at radius 2 is 1.82 bits per heavy atom. The van der Waals surface area contributed by atoms with Crippen molar-refractivity contribution in [2.75, 3.05) is 6.54 Å². The highest BCUT2D eigenvalue weighted by Crippen LogP contribution is 2.18. The lowest BCUT2D eigenvalue weighted by Crippen LogP contribution is -2.33. The van der Waals surface area contributed by atoms with Crippen LogP contribution < -0.4 is 5.32 Å². The Morgan fingerprint density at radius 1 is 1.07 bits per heavy atom. The van der Waals surface area contributed by atoms with Crippen LogP contribution in [0.1, 0.15) is 51.4 Å². The molecule has 0 saturated heterocycles. The van der Waals surface area contributed by atoms with E-state index in [1.165, 1.54) is 5.52 Å². The molecule has 0 saturated carbocycles. The molecule has 1 N–H and O–H groups in total. The summed E-state index contributed by atoms with van der Waals surface area (Å²) in [5, 5.41) is 3.13. The molecule has 0 aliphatic rings. The van der Waals surface area contributed by atoms with Gasteiger partial charge in [-0.05, 0) is 49.4 Å². The molecule has 0 fully saturated rings. The molecular weight excluding hydrogens is 348 g/mol. The number of nitrogens with one attached hydrogen (secondary N) is 1. The number of carbonyl (C=O) groups excluding carboxylic acids is 1. The molecule has 0 aliphatic heterocycles. The Kier molecular flexibility index (Phi) is 6.90. The predicted molar refractivity (Wildman–Crippen MR) is 114 cm³/mol.